The summed E-state index contributed by atoms with van der Waals surface area (Å²) in [5, 5.41) is 17.7. The van der Waals surface area contributed by atoms with Gasteiger partial charge in [0.1, 0.15) is 0 Å². The molecule has 0 aliphatic rings. The highest BCUT2D eigenvalue weighted by Crippen LogP contribution is 2.09. The van der Waals surface area contributed by atoms with Gasteiger partial charge >= 0.3 is 0 Å². The number of halogens is 1. The SMILES string of the molecule is Clc1ccccc1.NCCO.OCCN(Cc1ccccc1)Cc1ccccc1. The van der Waals surface area contributed by atoms with Gasteiger partial charge in [-0.25, -0.2) is 0 Å². The van der Waals surface area contributed by atoms with Crippen molar-refractivity contribution >= 4 is 11.6 Å². The average molecular weight is 415 g/mol. The molecule has 0 unspecified atom stereocenters. The molecule has 0 radical (unpaired) electrons. The minimum absolute atomic E-state index is 0.0972. The lowest BCUT2D eigenvalue weighted by molar-refractivity contribution is 0.184. The third-order valence-electron chi connectivity index (χ3n) is 3.78. The van der Waals surface area contributed by atoms with Gasteiger partial charge in [-0.3, -0.25) is 4.90 Å². The fourth-order valence-corrected chi connectivity index (χ4v) is 2.60. The molecule has 0 aromatic heterocycles. The molecule has 3 aromatic carbocycles. The quantitative estimate of drug-likeness (QED) is 0.547. The summed E-state index contributed by atoms with van der Waals surface area (Å²) in [6.07, 6.45) is 0. The number of benzene rings is 3. The van der Waals surface area contributed by atoms with E-state index >= 15 is 0 Å². The highest BCUT2D eigenvalue weighted by molar-refractivity contribution is 6.30. The van der Waals surface area contributed by atoms with Crippen LogP contribution in [-0.4, -0.2) is 41.4 Å². The summed E-state index contributed by atoms with van der Waals surface area (Å²) in [5.41, 5.74) is 7.34. The Bertz CT molecular complexity index is 684. The van der Waals surface area contributed by atoms with Gasteiger partial charge in [-0.1, -0.05) is 90.5 Å². The topological polar surface area (TPSA) is 69.7 Å². The Morgan fingerprint density at radius 1 is 0.655 bits per heavy atom. The molecule has 0 spiro atoms. The maximum absolute atomic E-state index is 9.15. The Balaban J connectivity index is 0.000000314. The van der Waals surface area contributed by atoms with Crippen LogP contribution in [0.1, 0.15) is 11.1 Å². The zero-order chi connectivity index (χ0) is 21.2. The second-order valence-electron chi connectivity index (χ2n) is 6.21. The van der Waals surface area contributed by atoms with E-state index in [1.807, 2.05) is 42.5 Å². The predicted molar refractivity (Wildman–Crippen MR) is 122 cm³/mol. The second kappa shape index (κ2) is 16.7. The van der Waals surface area contributed by atoms with Crippen LogP contribution in [0.2, 0.25) is 5.02 Å². The largest absolute Gasteiger partial charge is 0.395 e. The van der Waals surface area contributed by atoms with Gasteiger partial charge in [0, 0.05) is 31.2 Å². The van der Waals surface area contributed by atoms with Crippen LogP contribution in [0.3, 0.4) is 0 Å². The van der Waals surface area contributed by atoms with Crippen molar-refractivity contribution in [1.82, 2.24) is 4.90 Å². The Kier molecular flexibility index (Phi) is 14.3. The highest BCUT2D eigenvalue weighted by Gasteiger charge is 2.06. The maximum atomic E-state index is 9.15. The first-order valence-corrected chi connectivity index (χ1v) is 10.00. The zero-order valence-corrected chi connectivity index (χ0v) is 17.5. The average Bonchev–Trinajstić information content (AvgIpc) is 2.76. The zero-order valence-electron chi connectivity index (χ0n) is 16.7. The summed E-state index contributed by atoms with van der Waals surface area (Å²) in [7, 11) is 0. The molecule has 3 rings (SSSR count). The van der Waals surface area contributed by atoms with E-state index in [-0.39, 0.29) is 13.2 Å². The molecule has 0 atom stereocenters. The van der Waals surface area contributed by atoms with Crippen molar-refractivity contribution < 1.29 is 10.2 Å². The Hall–Kier alpha value is -2.21. The lowest BCUT2D eigenvalue weighted by Gasteiger charge is -2.21. The molecule has 4 N–H and O–H groups in total. The molecular weight excluding hydrogens is 384 g/mol. The molecular formula is C24H31ClN2O2. The number of rotatable bonds is 7. The Morgan fingerprint density at radius 3 is 1.31 bits per heavy atom. The van der Waals surface area contributed by atoms with E-state index in [1.54, 1.807) is 0 Å². The minimum atomic E-state index is 0.0972. The van der Waals surface area contributed by atoms with Crippen molar-refractivity contribution in [2.75, 3.05) is 26.3 Å². The molecule has 0 bridgehead atoms. The van der Waals surface area contributed by atoms with E-state index in [4.69, 9.17) is 27.5 Å². The van der Waals surface area contributed by atoms with Crippen LogP contribution in [0, 0.1) is 0 Å². The van der Waals surface area contributed by atoms with E-state index in [9.17, 15) is 0 Å². The van der Waals surface area contributed by atoms with E-state index < -0.39 is 0 Å². The first-order valence-electron chi connectivity index (χ1n) is 9.62. The predicted octanol–water partition coefficient (Wildman–Crippen LogP) is 3.96. The molecule has 0 fully saturated rings. The van der Waals surface area contributed by atoms with Crippen LogP contribution in [-0.2, 0) is 13.1 Å². The van der Waals surface area contributed by atoms with E-state index in [1.165, 1.54) is 11.1 Å². The van der Waals surface area contributed by atoms with Crippen molar-refractivity contribution in [3.05, 3.63) is 107 Å². The molecule has 0 amide bonds. The normalized spacial score (nSPS) is 9.83. The number of nitrogens with zero attached hydrogens (tertiary/aromatic N) is 1. The fraction of sp³-hybridized carbons (Fsp3) is 0.250. The monoisotopic (exact) mass is 414 g/mol. The maximum Gasteiger partial charge on any atom is 0.0558 e. The van der Waals surface area contributed by atoms with Gasteiger partial charge in [-0.2, -0.15) is 0 Å². The van der Waals surface area contributed by atoms with Gasteiger partial charge in [0.15, 0.2) is 0 Å². The Morgan fingerprint density at radius 2 is 1.03 bits per heavy atom. The first kappa shape index (κ1) is 24.8. The number of aliphatic hydroxyl groups excluding tert-OH is 2. The molecule has 156 valence electrons. The number of nitrogens with two attached hydrogens (primary N) is 1. The molecule has 0 heterocycles. The Labute approximate surface area is 179 Å². The number of hydrogen-bond acceptors (Lipinski definition) is 4. The molecule has 0 saturated heterocycles. The molecule has 29 heavy (non-hydrogen) atoms. The van der Waals surface area contributed by atoms with Crippen LogP contribution in [0.25, 0.3) is 0 Å². The van der Waals surface area contributed by atoms with Crippen molar-refractivity contribution in [2.24, 2.45) is 5.73 Å². The summed E-state index contributed by atoms with van der Waals surface area (Å²) in [6.45, 7) is 3.11. The van der Waals surface area contributed by atoms with Gasteiger partial charge in [0.25, 0.3) is 0 Å². The summed E-state index contributed by atoms with van der Waals surface area (Å²) in [6, 6.07) is 30.2. The van der Waals surface area contributed by atoms with Crippen molar-refractivity contribution in [1.29, 1.82) is 0 Å². The lowest BCUT2D eigenvalue weighted by atomic mass is 10.1. The van der Waals surface area contributed by atoms with Crippen LogP contribution in [0.4, 0.5) is 0 Å². The van der Waals surface area contributed by atoms with Gasteiger partial charge < -0.3 is 15.9 Å². The molecule has 0 aliphatic heterocycles. The fourth-order valence-electron chi connectivity index (χ4n) is 2.45. The van der Waals surface area contributed by atoms with Crippen molar-refractivity contribution in [3.8, 4) is 0 Å². The molecule has 3 aromatic rings. The van der Waals surface area contributed by atoms with Crippen LogP contribution in [0.15, 0.2) is 91.0 Å². The molecule has 4 nitrogen and oxygen atoms in total. The van der Waals surface area contributed by atoms with Gasteiger partial charge in [0.2, 0.25) is 0 Å². The third-order valence-corrected chi connectivity index (χ3v) is 4.03. The van der Waals surface area contributed by atoms with Crippen LogP contribution >= 0.6 is 11.6 Å². The van der Waals surface area contributed by atoms with Gasteiger partial charge in [-0.15, -0.1) is 0 Å². The summed E-state index contributed by atoms with van der Waals surface area (Å²) in [5.74, 6) is 0. The summed E-state index contributed by atoms with van der Waals surface area (Å²) >= 11 is 5.54. The van der Waals surface area contributed by atoms with Crippen molar-refractivity contribution in [2.45, 2.75) is 13.1 Å². The standard InChI is InChI=1S/C16H19NO.C6H5Cl.C2H7NO/c18-12-11-17(13-15-7-3-1-4-8-15)14-16-9-5-2-6-10-16;7-6-4-2-1-3-5-6;3-1-2-4/h1-10,18H,11-14H2;1-5H;4H,1-3H2. The third kappa shape index (κ3) is 12.8. The summed E-state index contributed by atoms with van der Waals surface area (Å²) < 4.78 is 0. The van der Waals surface area contributed by atoms with Gasteiger partial charge in [0.05, 0.1) is 13.2 Å². The van der Waals surface area contributed by atoms with Crippen LogP contribution in [0.5, 0.6) is 0 Å². The number of aliphatic hydroxyl groups is 2. The molecule has 0 saturated carbocycles. The minimum Gasteiger partial charge on any atom is -0.395 e. The van der Waals surface area contributed by atoms with E-state index in [0.717, 1.165) is 18.1 Å². The second-order valence-corrected chi connectivity index (χ2v) is 6.65. The number of hydrogen-bond donors (Lipinski definition) is 3. The molecule has 5 heteroatoms. The van der Waals surface area contributed by atoms with E-state index in [0.29, 0.717) is 13.1 Å². The van der Waals surface area contributed by atoms with Gasteiger partial charge in [-0.05, 0) is 23.3 Å². The highest BCUT2D eigenvalue weighted by atomic mass is 35.5. The summed E-state index contributed by atoms with van der Waals surface area (Å²) in [4.78, 5) is 2.25. The first-order chi connectivity index (χ1) is 14.2. The lowest BCUT2D eigenvalue weighted by Crippen LogP contribution is -2.26. The molecule has 0 aliphatic carbocycles. The smallest absolute Gasteiger partial charge is 0.0558 e. The van der Waals surface area contributed by atoms with Crippen LogP contribution < -0.4 is 5.73 Å². The van der Waals surface area contributed by atoms with E-state index in [2.05, 4.69) is 53.4 Å². The van der Waals surface area contributed by atoms with Crippen molar-refractivity contribution in [3.63, 3.8) is 0 Å².